The lowest BCUT2D eigenvalue weighted by Gasteiger charge is -2.63. The highest BCUT2D eigenvalue weighted by Crippen LogP contribution is 2.69. The van der Waals surface area contributed by atoms with Crippen LogP contribution in [-0.2, 0) is 14.3 Å². The summed E-state index contributed by atoms with van der Waals surface area (Å²) >= 11 is 0. The lowest BCUT2D eigenvalue weighted by Crippen LogP contribution is -2.64. The minimum absolute atomic E-state index is 0.00812. The van der Waals surface area contributed by atoms with Crippen LogP contribution in [0.5, 0.6) is 0 Å². The van der Waals surface area contributed by atoms with Crippen LogP contribution < -0.4 is 0 Å². The molecular weight excluding hydrogens is 372 g/mol. The number of cyclic esters (lactones) is 1. The van der Waals surface area contributed by atoms with Gasteiger partial charge in [0.25, 0.3) is 0 Å². The first-order valence-corrected chi connectivity index (χ1v) is 11.2. The molecule has 5 rings (SSSR count). The maximum absolute atomic E-state index is 12.5. The Morgan fingerprint density at radius 2 is 1.90 bits per heavy atom. The number of carbonyl (C=O) groups is 2. The molecule has 4 aliphatic carbocycles. The third kappa shape index (κ3) is 2.45. The second-order valence-corrected chi connectivity index (χ2v) is 10.6. The molecule has 0 aromatic heterocycles. The van der Waals surface area contributed by atoms with E-state index in [4.69, 9.17) is 4.74 Å². The highest BCUT2D eigenvalue weighted by atomic mass is 16.5. The second-order valence-electron chi connectivity index (χ2n) is 10.6. The fourth-order valence-electron chi connectivity index (χ4n) is 8.31. The van der Waals surface area contributed by atoms with E-state index >= 15 is 0 Å². The zero-order chi connectivity index (χ0) is 20.6. The van der Waals surface area contributed by atoms with Crippen LogP contribution in [0, 0.1) is 34.5 Å². The normalized spacial score (nSPS) is 54.1. The quantitative estimate of drug-likeness (QED) is 0.479. The molecule has 4 saturated carbocycles. The maximum Gasteiger partial charge on any atom is 0.331 e. The predicted molar refractivity (Wildman–Crippen MR) is 104 cm³/mol. The summed E-state index contributed by atoms with van der Waals surface area (Å²) in [6.45, 7) is 2.48. The van der Waals surface area contributed by atoms with Gasteiger partial charge in [0.2, 0.25) is 0 Å². The molecule has 0 amide bonds. The molecule has 0 spiro atoms. The van der Waals surface area contributed by atoms with E-state index in [0.717, 1.165) is 44.0 Å². The van der Waals surface area contributed by atoms with Gasteiger partial charge in [-0.25, -0.2) is 4.79 Å². The number of esters is 1. The summed E-state index contributed by atoms with van der Waals surface area (Å²) in [6, 6.07) is 0. The van der Waals surface area contributed by atoms with Crippen molar-refractivity contribution in [3.05, 3.63) is 11.6 Å². The Bertz CT molecular complexity index is 762. The SMILES string of the molecule is C[C@]12CC[C@H]3[C@@H](CC[C@H]4C[C@@H](O)[C@H](O)C[C@@]43C=O)C1(O)CC[C@@H]2C1=CC(=O)OC1. The van der Waals surface area contributed by atoms with Crippen molar-refractivity contribution in [2.45, 2.75) is 76.1 Å². The van der Waals surface area contributed by atoms with Gasteiger partial charge < -0.3 is 24.9 Å². The van der Waals surface area contributed by atoms with E-state index in [2.05, 4.69) is 6.92 Å². The Morgan fingerprint density at radius 3 is 2.59 bits per heavy atom. The molecule has 0 aromatic rings. The Kier molecular flexibility index (Phi) is 4.34. The van der Waals surface area contributed by atoms with Crippen molar-refractivity contribution in [1.29, 1.82) is 0 Å². The maximum atomic E-state index is 12.5. The summed E-state index contributed by atoms with van der Waals surface area (Å²) in [4.78, 5) is 24.1. The number of aliphatic hydroxyl groups is 3. The molecule has 160 valence electrons. The van der Waals surface area contributed by atoms with Crippen LogP contribution in [0.1, 0.15) is 58.3 Å². The van der Waals surface area contributed by atoms with Gasteiger partial charge in [-0.15, -0.1) is 0 Å². The highest BCUT2D eigenvalue weighted by molar-refractivity contribution is 5.85. The standard InChI is InChI=1S/C23H32O6/c1-21-6-4-16-17(3-2-14-9-18(25)19(26)10-22(14,16)12-24)23(21,28)7-5-15(21)13-8-20(27)29-11-13/h8,12,14-19,25-26,28H,2-7,9-11H2,1H3/t14-,15+,16-,17+,18+,19+,21+,22+,23?/m0/s1. The van der Waals surface area contributed by atoms with E-state index in [1.54, 1.807) is 6.08 Å². The van der Waals surface area contributed by atoms with Crippen LogP contribution in [0.25, 0.3) is 0 Å². The van der Waals surface area contributed by atoms with E-state index < -0.39 is 23.2 Å². The largest absolute Gasteiger partial charge is 0.458 e. The number of aliphatic hydroxyl groups excluding tert-OH is 2. The number of fused-ring (bicyclic) bond motifs is 5. The Labute approximate surface area is 171 Å². The fourth-order valence-corrected chi connectivity index (χ4v) is 8.31. The highest BCUT2D eigenvalue weighted by Gasteiger charge is 2.69. The third-order valence-corrected chi connectivity index (χ3v) is 9.81. The van der Waals surface area contributed by atoms with Crippen molar-refractivity contribution >= 4 is 12.3 Å². The molecule has 1 heterocycles. The monoisotopic (exact) mass is 404 g/mol. The molecule has 29 heavy (non-hydrogen) atoms. The van der Waals surface area contributed by atoms with E-state index in [1.807, 2.05) is 0 Å². The molecule has 0 bridgehead atoms. The van der Waals surface area contributed by atoms with E-state index in [-0.39, 0.29) is 35.1 Å². The van der Waals surface area contributed by atoms with Gasteiger partial charge in [0, 0.05) is 16.9 Å². The van der Waals surface area contributed by atoms with Gasteiger partial charge >= 0.3 is 5.97 Å². The van der Waals surface area contributed by atoms with E-state index in [9.17, 15) is 24.9 Å². The Morgan fingerprint density at radius 1 is 1.10 bits per heavy atom. The number of hydrogen-bond acceptors (Lipinski definition) is 6. The van der Waals surface area contributed by atoms with Gasteiger partial charge in [0.1, 0.15) is 12.9 Å². The number of carbonyl (C=O) groups excluding carboxylic acids is 2. The zero-order valence-electron chi connectivity index (χ0n) is 17.0. The third-order valence-electron chi connectivity index (χ3n) is 9.81. The molecule has 9 atom stereocenters. The smallest absolute Gasteiger partial charge is 0.331 e. The molecule has 4 fully saturated rings. The minimum atomic E-state index is -0.880. The van der Waals surface area contributed by atoms with Gasteiger partial charge in [0.05, 0.1) is 17.8 Å². The topological polar surface area (TPSA) is 104 Å². The summed E-state index contributed by atoms with van der Waals surface area (Å²) in [6.07, 6.45) is 6.57. The molecule has 1 aliphatic heterocycles. The average molecular weight is 405 g/mol. The number of ether oxygens (including phenoxy) is 1. The molecule has 1 unspecified atom stereocenters. The summed E-state index contributed by atoms with van der Waals surface area (Å²) in [5, 5.41) is 32.7. The predicted octanol–water partition coefficient (Wildman–Crippen LogP) is 1.75. The average Bonchev–Trinajstić information content (AvgIpc) is 3.23. The first-order chi connectivity index (χ1) is 13.7. The zero-order valence-corrected chi connectivity index (χ0v) is 17.0. The lowest BCUT2D eigenvalue weighted by atomic mass is 9.43. The van der Waals surface area contributed by atoms with Crippen molar-refractivity contribution in [2.24, 2.45) is 34.5 Å². The van der Waals surface area contributed by atoms with Crippen LogP contribution >= 0.6 is 0 Å². The minimum Gasteiger partial charge on any atom is -0.458 e. The van der Waals surface area contributed by atoms with Crippen LogP contribution in [0.15, 0.2) is 11.6 Å². The second kappa shape index (κ2) is 6.38. The van der Waals surface area contributed by atoms with Gasteiger partial charge in [-0.2, -0.15) is 0 Å². The Balaban J connectivity index is 1.50. The van der Waals surface area contributed by atoms with Crippen molar-refractivity contribution in [2.75, 3.05) is 6.61 Å². The molecule has 6 heteroatoms. The van der Waals surface area contributed by atoms with Gasteiger partial charge in [-0.3, -0.25) is 0 Å². The molecule has 0 saturated heterocycles. The van der Waals surface area contributed by atoms with Crippen molar-refractivity contribution < 1.29 is 29.6 Å². The summed E-state index contributed by atoms with van der Waals surface area (Å²) in [5.41, 5.74) is -0.864. The molecule has 3 N–H and O–H groups in total. The molecule has 0 aromatic carbocycles. The fraction of sp³-hybridized carbons (Fsp3) is 0.826. The number of rotatable bonds is 2. The van der Waals surface area contributed by atoms with Crippen LogP contribution in [0.4, 0.5) is 0 Å². The molecule has 6 nitrogen and oxygen atoms in total. The number of hydrogen-bond donors (Lipinski definition) is 3. The molecule has 0 radical (unpaired) electrons. The van der Waals surface area contributed by atoms with Crippen molar-refractivity contribution in [3.8, 4) is 0 Å². The lowest BCUT2D eigenvalue weighted by molar-refractivity contribution is -0.216. The van der Waals surface area contributed by atoms with Gasteiger partial charge in [-0.1, -0.05) is 6.92 Å². The van der Waals surface area contributed by atoms with E-state index in [0.29, 0.717) is 25.9 Å². The summed E-state index contributed by atoms with van der Waals surface area (Å²) in [7, 11) is 0. The van der Waals surface area contributed by atoms with Crippen LogP contribution in [0.3, 0.4) is 0 Å². The number of aldehydes is 1. The van der Waals surface area contributed by atoms with Gasteiger partial charge in [0.15, 0.2) is 0 Å². The van der Waals surface area contributed by atoms with E-state index in [1.165, 1.54) is 0 Å². The van der Waals surface area contributed by atoms with Crippen molar-refractivity contribution in [3.63, 3.8) is 0 Å². The molecular formula is C23H32O6. The molecule has 5 aliphatic rings. The first kappa shape index (κ1) is 19.7. The van der Waals surface area contributed by atoms with Crippen molar-refractivity contribution in [1.82, 2.24) is 0 Å². The first-order valence-electron chi connectivity index (χ1n) is 11.2. The summed E-state index contributed by atoms with van der Waals surface area (Å²) in [5.74, 6) is -0.0400. The van der Waals surface area contributed by atoms with Gasteiger partial charge in [-0.05, 0) is 80.6 Å². The Hall–Kier alpha value is -1.24. The van der Waals surface area contributed by atoms with Crippen LogP contribution in [0.2, 0.25) is 0 Å². The summed E-state index contributed by atoms with van der Waals surface area (Å²) < 4.78 is 5.16. The van der Waals surface area contributed by atoms with Crippen LogP contribution in [-0.4, -0.2) is 52.0 Å².